The molecule has 2 aromatic rings. The molecule has 1 unspecified atom stereocenters. The van der Waals surface area contributed by atoms with Crippen LogP contribution in [0, 0.1) is 0 Å². The van der Waals surface area contributed by atoms with E-state index in [9.17, 15) is 18.3 Å². The van der Waals surface area contributed by atoms with Crippen LogP contribution in [0.1, 0.15) is 22.9 Å². The minimum absolute atomic E-state index is 0.158. The van der Waals surface area contributed by atoms with Crippen molar-refractivity contribution in [2.24, 2.45) is 0 Å². The molecule has 0 amide bonds. The highest BCUT2D eigenvalue weighted by molar-refractivity contribution is 5.58. The number of hydrogen-bond donors (Lipinski definition) is 1. The fraction of sp³-hybridized carbons (Fsp3) is 0.294. The summed E-state index contributed by atoms with van der Waals surface area (Å²) < 4.78 is 38.1. The van der Waals surface area contributed by atoms with Crippen molar-refractivity contribution in [2.45, 2.75) is 18.9 Å². The molecule has 0 radical (unpaired) electrons. The molecule has 0 aliphatic carbocycles. The molecule has 0 saturated carbocycles. The first-order valence-corrected chi connectivity index (χ1v) is 7.19. The first kappa shape index (κ1) is 15.7. The third-order valence-corrected chi connectivity index (χ3v) is 4.18. The summed E-state index contributed by atoms with van der Waals surface area (Å²) in [5.74, 6) is 0.207. The number of anilines is 1. The fourth-order valence-electron chi connectivity index (χ4n) is 3.15. The molecule has 1 atom stereocenters. The summed E-state index contributed by atoms with van der Waals surface area (Å²) in [5.41, 5.74) is 2.10. The van der Waals surface area contributed by atoms with Gasteiger partial charge in [0.2, 0.25) is 0 Å². The Hall–Kier alpha value is -2.21. The van der Waals surface area contributed by atoms with E-state index in [1.54, 1.807) is 12.1 Å². The van der Waals surface area contributed by atoms with Crippen LogP contribution in [0.2, 0.25) is 0 Å². The highest BCUT2D eigenvalue weighted by Gasteiger charge is 2.32. The number of hydrogen-bond acceptors (Lipinski definition) is 3. The maximum atomic E-state index is 12.7. The van der Waals surface area contributed by atoms with Gasteiger partial charge in [-0.25, -0.2) is 0 Å². The number of benzene rings is 2. The Bertz CT molecular complexity index is 713. The summed E-state index contributed by atoms with van der Waals surface area (Å²) in [6, 6.07) is 10.4. The molecular formula is C17H17F3N2O. The number of alkyl halides is 3. The SMILES string of the molecule is CN1Cc2cc(O)ccc2N(C)C1c1ccc(C(F)(F)F)cc1. The van der Waals surface area contributed by atoms with Crippen molar-refractivity contribution in [1.29, 1.82) is 0 Å². The average Bonchev–Trinajstić information content (AvgIpc) is 2.46. The second-order valence-corrected chi connectivity index (χ2v) is 5.83. The van der Waals surface area contributed by atoms with Gasteiger partial charge in [-0.1, -0.05) is 12.1 Å². The summed E-state index contributed by atoms with van der Waals surface area (Å²) in [6.45, 7) is 0.611. The summed E-state index contributed by atoms with van der Waals surface area (Å²) in [4.78, 5) is 4.03. The number of aromatic hydroxyl groups is 1. The largest absolute Gasteiger partial charge is 0.508 e. The standard InChI is InChI=1S/C17H17F3N2O/c1-21-10-12-9-14(23)7-8-15(12)22(2)16(21)11-3-5-13(6-4-11)17(18,19)20/h3-9,16,23H,10H2,1-2H3. The van der Waals surface area contributed by atoms with Crippen molar-refractivity contribution >= 4 is 5.69 Å². The Kier molecular flexibility index (Phi) is 3.72. The molecule has 1 heterocycles. The van der Waals surface area contributed by atoms with Crippen LogP contribution in [0.3, 0.4) is 0 Å². The van der Waals surface area contributed by atoms with Gasteiger partial charge >= 0.3 is 6.18 Å². The molecule has 1 aliphatic rings. The lowest BCUT2D eigenvalue weighted by molar-refractivity contribution is -0.137. The smallest absolute Gasteiger partial charge is 0.416 e. The molecular weight excluding hydrogens is 305 g/mol. The molecule has 0 spiro atoms. The van der Waals surface area contributed by atoms with Gasteiger partial charge in [0.1, 0.15) is 11.9 Å². The van der Waals surface area contributed by atoms with E-state index in [2.05, 4.69) is 0 Å². The minimum Gasteiger partial charge on any atom is -0.508 e. The first-order chi connectivity index (χ1) is 10.8. The highest BCUT2D eigenvalue weighted by atomic mass is 19.4. The van der Waals surface area contributed by atoms with Crippen LogP contribution in [0.4, 0.5) is 18.9 Å². The molecule has 0 aromatic heterocycles. The van der Waals surface area contributed by atoms with Crippen LogP contribution in [0.5, 0.6) is 5.75 Å². The second-order valence-electron chi connectivity index (χ2n) is 5.83. The molecule has 1 aliphatic heterocycles. The fourth-order valence-corrected chi connectivity index (χ4v) is 3.15. The Balaban J connectivity index is 1.95. The van der Waals surface area contributed by atoms with Crippen molar-refractivity contribution in [1.82, 2.24) is 4.90 Å². The second kappa shape index (κ2) is 5.45. The maximum absolute atomic E-state index is 12.7. The van der Waals surface area contributed by atoms with Crippen LogP contribution < -0.4 is 4.90 Å². The molecule has 2 aromatic carbocycles. The summed E-state index contributed by atoms with van der Waals surface area (Å²) >= 11 is 0. The van der Waals surface area contributed by atoms with Crippen LogP contribution in [0.15, 0.2) is 42.5 Å². The van der Waals surface area contributed by atoms with Crippen molar-refractivity contribution in [3.63, 3.8) is 0 Å². The van der Waals surface area contributed by atoms with E-state index in [4.69, 9.17) is 0 Å². The van der Waals surface area contributed by atoms with Crippen LogP contribution >= 0.6 is 0 Å². The third kappa shape index (κ3) is 2.86. The zero-order chi connectivity index (χ0) is 16.8. The number of phenols is 1. The third-order valence-electron chi connectivity index (χ3n) is 4.18. The average molecular weight is 322 g/mol. The zero-order valence-corrected chi connectivity index (χ0v) is 12.8. The lowest BCUT2D eigenvalue weighted by Gasteiger charge is -2.42. The predicted molar refractivity (Wildman–Crippen MR) is 82.2 cm³/mol. The Morgan fingerprint density at radius 3 is 2.30 bits per heavy atom. The van der Waals surface area contributed by atoms with E-state index < -0.39 is 11.7 Å². The van der Waals surface area contributed by atoms with Crippen molar-refractivity contribution < 1.29 is 18.3 Å². The van der Waals surface area contributed by atoms with Crippen LogP contribution in [0.25, 0.3) is 0 Å². The van der Waals surface area contributed by atoms with Gasteiger partial charge in [-0.15, -0.1) is 0 Å². The Morgan fingerprint density at radius 2 is 1.70 bits per heavy atom. The van der Waals surface area contributed by atoms with E-state index >= 15 is 0 Å². The van der Waals surface area contributed by atoms with Crippen LogP contribution in [-0.2, 0) is 12.7 Å². The molecule has 0 fully saturated rings. The predicted octanol–water partition coefficient (Wildman–Crippen LogP) is 3.99. The normalized spacial score (nSPS) is 18.8. The molecule has 1 N–H and O–H groups in total. The van der Waals surface area contributed by atoms with Gasteiger partial charge in [0.15, 0.2) is 0 Å². The van der Waals surface area contributed by atoms with Crippen molar-refractivity contribution in [3.05, 3.63) is 59.2 Å². The van der Waals surface area contributed by atoms with Gasteiger partial charge in [0.25, 0.3) is 0 Å². The number of phenolic OH excluding ortho intramolecular Hbond substituents is 1. The lowest BCUT2D eigenvalue weighted by Crippen LogP contribution is -2.41. The molecule has 0 saturated heterocycles. The van der Waals surface area contributed by atoms with Gasteiger partial charge in [0, 0.05) is 19.3 Å². The van der Waals surface area contributed by atoms with Crippen molar-refractivity contribution in [3.8, 4) is 5.75 Å². The van der Waals surface area contributed by atoms with E-state index in [0.717, 1.165) is 28.9 Å². The van der Waals surface area contributed by atoms with Crippen molar-refractivity contribution in [2.75, 3.05) is 19.0 Å². The van der Waals surface area contributed by atoms with Gasteiger partial charge in [-0.3, -0.25) is 4.90 Å². The number of nitrogens with zero attached hydrogens (tertiary/aromatic N) is 2. The van der Waals surface area contributed by atoms with Gasteiger partial charge < -0.3 is 10.0 Å². The quantitative estimate of drug-likeness (QED) is 0.860. The minimum atomic E-state index is -4.33. The van der Waals surface area contributed by atoms with Crippen LogP contribution in [-0.4, -0.2) is 24.1 Å². The molecule has 3 rings (SSSR count). The molecule has 23 heavy (non-hydrogen) atoms. The molecule has 6 heteroatoms. The Labute approximate surface area is 132 Å². The summed E-state index contributed by atoms with van der Waals surface area (Å²) in [7, 11) is 3.81. The van der Waals surface area contributed by atoms with Gasteiger partial charge in [-0.2, -0.15) is 13.2 Å². The molecule has 3 nitrogen and oxygen atoms in total. The topological polar surface area (TPSA) is 26.7 Å². The van der Waals surface area contributed by atoms with E-state index in [0.29, 0.717) is 6.54 Å². The first-order valence-electron chi connectivity index (χ1n) is 7.19. The summed E-state index contributed by atoms with van der Waals surface area (Å²) in [6.07, 6.45) is -4.48. The zero-order valence-electron chi connectivity index (χ0n) is 12.8. The molecule has 0 bridgehead atoms. The highest BCUT2D eigenvalue weighted by Crippen LogP contribution is 2.39. The number of fused-ring (bicyclic) bond motifs is 1. The monoisotopic (exact) mass is 322 g/mol. The van der Waals surface area contributed by atoms with E-state index in [-0.39, 0.29) is 11.9 Å². The van der Waals surface area contributed by atoms with E-state index in [1.807, 2.05) is 30.0 Å². The lowest BCUT2D eigenvalue weighted by atomic mass is 10.0. The molecule has 122 valence electrons. The number of rotatable bonds is 1. The summed E-state index contributed by atoms with van der Waals surface area (Å²) in [5, 5.41) is 9.61. The van der Waals surface area contributed by atoms with E-state index in [1.165, 1.54) is 12.1 Å². The number of halogens is 3. The van der Waals surface area contributed by atoms with Gasteiger partial charge in [0.05, 0.1) is 5.56 Å². The van der Waals surface area contributed by atoms with Gasteiger partial charge in [-0.05, 0) is 48.5 Å². The Morgan fingerprint density at radius 1 is 1.04 bits per heavy atom. The maximum Gasteiger partial charge on any atom is 0.416 e.